The molecule has 180 valence electrons. The van der Waals surface area contributed by atoms with Gasteiger partial charge in [-0.15, -0.1) is 0 Å². The Morgan fingerprint density at radius 1 is 1.06 bits per heavy atom. The number of carbonyl (C=O) groups excluding carboxylic acids is 2. The number of methoxy groups -OCH3 is 2. The fourth-order valence-corrected chi connectivity index (χ4v) is 4.31. The lowest BCUT2D eigenvalue weighted by Crippen LogP contribution is -2.19. The highest BCUT2D eigenvalue weighted by Gasteiger charge is 2.24. The molecule has 0 bridgehead atoms. The molecule has 8 nitrogen and oxygen atoms in total. The van der Waals surface area contributed by atoms with Crippen molar-refractivity contribution in [2.75, 3.05) is 14.2 Å². The maximum Gasteiger partial charge on any atom is 0.373 e. The molecule has 1 aliphatic heterocycles. The highest BCUT2D eigenvalue weighted by molar-refractivity contribution is 8.18. The molecule has 9 heteroatoms. The zero-order valence-electron chi connectivity index (χ0n) is 19.7. The lowest BCUT2D eigenvalue weighted by Gasteiger charge is -2.10. The summed E-state index contributed by atoms with van der Waals surface area (Å²) in [5.41, 5.74) is 3.79. The molecule has 0 unspecified atom stereocenters. The number of nitrogens with zero attached hydrogens (tertiary/aromatic N) is 1. The van der Waals surface area contributed by atoms with Crippen LogP contribution in [0.3, 0.4) is 0 Å². The van der Waals surface area contributed by atoms with E-state index in [1.807, 2.05) is 32.0 Å². The highest BCUT2D eigenvalue weighted by atomic mass is 32.2. The van der Waals surface area contributed by atoms with Gasteiger partial charge in [0.1, 0.15) is 12.4 Å². The second-order valence-corrected chi connectivity index (χ2v) is 8.81. The molecule has 35 heavy (non-hydrogen) atoms. The van der Waals surface area contributed by atoms with Crippen LogP contribution in [0.25, 0.3) is 6.08 Å². The Morgan fingerprint density at radius 2 is 1.83 bits per heavy atom. The van der Waals surface area contributed by atoms with Crippen LogP contribution in [0.2, 0.25) is 0 Å². The van der Waals surface area contributed by atoms with Gasteiger partial charge in [-0.3, -0.25) is 4.79 Å². The van der Waals surface area contributed by atoms with Crippen molar-refractivity contribution in [1.29, 1.82) is 0 Å². The third-order valence-electron chi connectivity index (χ3n) is 4.99. The average Bonchev–Trinajstić information content (AvgIpc) is 3.43. The second kappa shape index (κ2) is 10.5. The first-order chi connectivity index (χ1) is 16.8. The minimum absolute atomic E-state index is 0.101. The summed E-state index contributed by atoms with van der Waals surface area (Å²) in [5, 5.41) is 3.34. The van der Waals surface area contributed by atoms with E-state index >= 15 is 0 Å². The monoisotopic (exact) mass is 492 g/mol. The lowest BCUT2D eigenvalue weighted by atomic mass is 10.1. The van der Waals surface area contributed by atoms with Crippen LogP contribution in [0.1, 0.15) is 33.0 Å². The van der Waals surface area contributed by atoms with Crippen molar-refractivity contribution in [2.24, 2.45) is 4.99 Å². The highest BCUT2D eigenvalue weighted by Crippen LogP contribution is 2.33. The van der Waals surface area contributed by atoms with Crippen molar-refractivity contribution in [2.45, 2.75) is 20.5 Å². The zero-order chi connectivity index (χ0) is 24.9. The molecule has 3 aromatic rings. The molecule has 0 aliphatic carbocycles. The third-order valence-corrected chi connectivity index (χ3v) is 5.90. The quantitative estimate of drug-likeness (QED) is 0.359. The maximum absolute atomic E-state index is 12.5. The van der Waals surface area contributed by atoms with E-state index in [4.69, 9.17) is 13.9 Å². The van der Waals surface area contributed by atoms with Crippen LogP contribution in [-0.2, 0) is 16.1 Å². The van der Waals surface area contributed by atoms with Gasteiger partial charge in [0.25, 0.3) is 5.91 Å². The Balaban J connectivity index is 1.47. The SMILES string of the molecule is COC(=O)c1ccc(COc2ccc(C=C3SC(=Nc4cc(C)cc(C)c4)NC3=O)cc2OC)o1. The first-order valence-corrected chi connectivity index (χ1v) is 11.5. The van der Waals surface area contributed by atoms with Gasteiger partial charge in [-0.05, 0) is 84.8 Å². The molecule has 0 spiro atoms. The van der Waals surface area contributed by atoms with Crippen LogP contribution in [0, 0.1) is 13.8 Å². The number of rotatable bonds is 7. The fraction of sp³-hybridized carbons (Fsp3) is 0.192. The van der Waals surface area contributed by atoms with Crippen molar-refractivity contribution in [3.05, 3.63) is 81.6 Å². The Kier molecular flexibility index (Phi) is 7.26. The van der Waals surface area contributed by atoms with Crippen molar-refractivity contribution in [3.8, 4) is 11.5 Å². The van der Waals surface area contributed by atoms with E-state index in [0.717, 1.165) is 22.4 Å². The van der Waals surface area contributed by atoms with Crippen molar-refractivity contribution < 1.29 is 28.2 Å². The molecule has 1 aliphatic rings. The molecule has 0 radical (unpaired) electrons. The zero-order valence-corrected chi connectivity index (χ0v) is 20.5. The minimum atomic E-state index is -0.553. The van der Waals surface area contributed by atoms with Gasteiger partial charge in [0.15, 0.2) is 16.7 Å². The van der Waals surface area contributed by atoms with Crippen molar-refractivity contribution >= 4 is 40.6 Å². The Hall–Kier alpha value is -3.98. The number of amides is 1. The molecular formula is C26H24N2O6S. The first kappa shape index (κ1) is 24.2. The number of benzene rings is 2. The molecule has 2 aromatic carbocycles. The van der Waals surface area contributed by atoms with Gasteiger partial charge in [-0.1, -0.05) is 12.1 Å². The van der Waals surface area contributed by atoms with Gasteiger partial charge in [0, 0.05) is 0 Å². The van der Waals surface area contributed by atoms with Crippen LogP contribution < -0.4 is 14.8 Å². The number of carbonyl (C=O) groups is 2. The largest absolute Gasteiger partial charge is 0.493 e. The summed E-state index contributed by atoms with van der Waals surface area (Å²) >= 11 is 1.28. The van der Waals surface area contributed by atoms with E-state index in [0.29, 0.717) is 27.3 Å². The molecule has 0 saturated carbocycles. The van der Waals surface area contributed by atoms with E-state index < -0.39 is 5.97 Å². The summed E-state index contributed by atoms with van der Waals surface area (Å²) in [7, 11) is 2.82. The van der Waals surface area contributed by atoms with Gasteiger partial charge < -0.3 is 23.9 Å². The number of amidine groups is 1. The van der Waals surface area contributed by atoms with E-state index in [1.54, 1.807) is 24.3 Å². The molecular weight excluding hydrogens is 468 g/mol. The summed E-state index contributed by atoms with van der Waals surface area (Å²) < 4.78 is 21.3. The van der Waals surface area contributed by atoms with Crippen molar-refractivity contribution in [1.82, 2.24) is 5.32 Å². The topological polar surface area (TPSA) is 99.4 Å². The second-order valence-electron chi connectivity index (χ2n) is 7.78. The van der Waals surface area contributed by atoms with E-state index in [-0.39, 0.29) is 18.3 Å². The number of aliphatic imine (C=N–C) groups is 1. The predicted molar refractivity (Wildman–Crippen MR) is 134 cm³/mol. The molecule has 1 N–H and O–H groups in total. The molecule has 4 rings (SSSR count). The maximum atomic E-state index is 12.5. The molecule has 1 saturated heterocycles. The Bertz CT molecular complexity index is 1320. The number of furan rings is 1. The third kappa shape index (κ3) is 5.93. The summed E-state index contributed by atoms with van der Waals surface area (Å²) in [4.78, 5) is 29.1. The Labute approximate surface area is 207 Å². The van der Waals surface area contributed by atoms with Crippen molar-refractivity contribution in [3.63, 3.8) is 0 Å². The lowest BCUT2D eigenvalue weighted by molar-refractivity contribution is -0.115. The number of nitrogens with one attached hydrogen (secondary N) is 1. The first-order valence-electron chi connectivity index (χ1n) is 10.7. The van der Waals surface area contributed by atoms with Gasteiger partial charge in [-0.2, -0.15) is 0 Å². The molecule has 1 amide bonds. The van der Waals surface area contributed by atoms with Crippen LogP contribution in [0.5, 0.6) is 11.5 Å². The summed E-state index contributed by atoms with van der Waals surface area (Å²) in [6, 6.07) is 14.5. The van der Waals surface area contributed by atoms with Crippen LogP contribution in [0.4, 0.5) is 5.69 Å². The summed E-state index contributed by atoms with van der Waals surface area (Å²) in [5.74, 6) is 0.790. The van der Waals surface area contributed by atoms with E-state index in [1.165, 1.54) is 32.0 Å². The summed E-state index contributed by atoms with van der Waals surface area (Å²) in [6.45, 7) is 4.12. The fourth-order valence-electron chi connectivity index (χ4n) is 3.47. The number of ether oxygens (including phenoxy) is 3. The van der Waals surface area contributed by atoms with Gasteiger partial charge >= 0.3 is 5.97 Å². The standard InChI is InChI=1S/C26H24N2O6S/c1-15-9-16(2)11-18(10-15)27-26-28-24(29)23(35-26)13-17-5-7-20(22(12-17)31-3)33-14-19-6-8-21(34-19)25(30)32-4/h5-13H,14H2,1-4H3,(H,27,28,29). The number of thioether (sulfide) groups is 1. The summed E-state index contributed by atoms with van der Waals surface area (Å²) in [6.07, 6.45) is 1.77. The molecule has 1 aromatic heterocycles. The molecule has 1 fully saturated rings. The van der Waals surface area contributed by atoms with E-state index in [9.17, 15) is 9.59 Å². The minimum Gasteiger partial charge on any atom is -0.493 e. The Morgan fingerprint density at radius 3 is 2.54 bits per heavy atom. The van der Waals surface area contributed by atoms with Crippen LogP contribution >= 0.6 is 11.8 Å². The number of hydrogen-bond donors (Lipinski definition) is 1. The normalized spacial score (nSPS) is 15.4. The van der Waals surface area contributed by atoms with E-state index in [2.05, 4.69) is 21.1 Å². The molecule has 0 atom stereocenters. The van der Waals surface area contributed by atoms with Gasteiger partial charge in [0.2, 0.25) is 5.76 Å². The average molecular weight is 493 g/mol. The number of hydrogen-bond acceptors (Lipinski definition) is 8. The van der Waals surface area contributed by atoms with Gasteiger partial charge in [-0.25, -0.2) is 9.79 Å². The molecule has 2 heterocycles. The number of esters is 1. The smallest absolute Gasteiger partial charge is 0.373 e. The van der Waals surface area contributed by atoms with Crippen LogP contribution in [-0.4, -0.2) is 31.3 Å². The van der Waals surface area contributed by atoms with Gasteiger partial charge in [0.05, 0.1) is 24.8 Å². The van der Waals surface area contributed by atoms with Crippen LogP contribution in [0.15, 0.2) is 62.8 Å². The predicted octanol–water partition coefficient (Wildman–Crippen LogP) is 5.16. The number of aryl methyl sites for hydroxylation is 2.